The fraction of sp³-hybridized carbons (Fsp3) is 0.312. The highest BCUT2D eigenvalue weighted by Gasteiger charge is 2.35. The van der Waals surface area contributed by atoms with E-state index in [2.05, 4.69) is 4.99 Å². The van der Waals surface area contributed by atoms with E-state index in [0.29, 0.717) is 17.7 Å². The zero-order valence-corrected chi connectivity index (χ0v) is 11.6. The minimum atomic E-state index is -0.909. The average Bonchev–Trinajstić information content (AvgIpc) is 2.75. The van der Waals surface area contributed by atoms with Crippen LogP contribution in [0.4, 0.5) is 0 Å². The van der Waals surface area contributed by atoms with Gasteiger partial charge in [0.25, 0.3) is 0 Å². The summed E-state index contributed by atoms with van der Waals surface area (Å²) < 4.78 is 0. The van der Waals surface area contributed by atoms with Crippen molar-refractivity contribution in [1.29, 1.82) is 0 Å². The van der Waals surface area contributed by atoms with Gasteiger partial charge in [0.2, 0.25) is 5.78 Å². The molecule has 1 aromatic carbocycles. The Morgan fingerprint density at radius 3 is 2.45 bits per heavy atom. The lowest BCUT2D eigenvalue weighted by molar-refractivity contribution is -0.137. The van der Waals surface area contributed by atoms with Crippen molar-refractivity contribution < 1.29 is 14.7 Å². The molecule has 0 fully saturated rings. The molecule has 0 saturated heterocycles. The Kier molecular flexibility index (Phi) is 3.84. The van der Waals surface area contributed by atoms with Gasteiger partial charge in [-0.1, -0.05) is 43.3 Å². The fourth-order valence-electron chi connectivity index (χ4n) is 2.43. The summed E-state index contributed by atoms with van der Waals surface area (Å²) in [6.07, 6.45) is 2.27. The van der Waals surface area contributed by atoms with Gasteiger partial charge < -0.3 is 5.11 Å². The molecule has 1 aromatic rings. The third kappa shape index (κ3) is 2.69. The Hall–Kier alpha value is -2.23. The molecule has 0 saturated carbocycles. The molecule has 0 radical (unpaired) electrons. The Labute approximate surface area is 117 Å². The van der Waals surface area contributed by atoms with E-state index in [4.69, 9.17) is 5.11 Å². The summed E-state index contributed by atoms with van der Waals surface area (Å²) in [6, 6.07) is 8.91. The molecule has 0 spiro atoms. The first-order chi connectivity index (χ1) is 9.47. The molecule has 1 aliphatic heterocycles. The number of aliphatic carboxylic acids is 1. The van der Waals surface area contributed by atoms with Crippen molar-refractivity contribution in [2.45, 2.75) is 32.2 Å². The van der Waals surface area contributed by atoms with Gasteiger partial charge in [0.1, 0.15) is 5.71 Å². The smallest absolute Gasteiger partial charge is 0.306 e. The van der Waals surface area contributed by atoms with Crippen LogP contribution in [0.15, 0.2) is 47.0 Å². The van der Waals surface area contributed by atoms with Crippen LogP contribution in [0, 0.1) is 0 Å². The first-order valence-electron chi connectivity index (χ1n) is 6.58. The fourth-order valence-corrected chi connectivity index (χ4v) is 2.43. The van der Waals surface area contributed by atoms with Crippen molar-refractivity contribution in [3.05, 3.63) is 47.5 Å². The minimum Gasteiger partial charge on any atom is -0.481 e. The normalized spacial score (nSPS) is 21.3. The maximum absolute atomic E-state index is 12.4. The third-order valence-electron chi connectivity index (χ3n) is 3.51. The second kappa shape index (κ2) is 5.41. The molecule has 2 rings (SSSR count). The Balaban J connectivity index is 2.36. The number of ketones is 1. The molecule has 4 nitrogen and oxygen atoms in total. The van der Waals surface area contributed by atoms with Gasteiger partial charge in [0, 0.05) is 5.56 Å². The van der Waals surface area contributed by atoms with Gasteiger partial charge in [0.05, 0.1) is 12.0 Å². The van der Waals surface area contributed by atoms with E-state index >= 15 is 0 Å². The van der Waals surface area contributed by atoms with Crippen molar-refractivity contribution in [3.63, 3.8) is 0 Å². The number of hydrogen-bond acceptors (Lipinski definition) is 3. The molecule has 0 aromatic heterocycles. The summed E-state index contributed by atoms with van der Waals surface area (Å²) in [5.74, 6) is -1.06. The van der Waals surface area contributed by atoms with Crippen molar-refractivity contribution in [2.24, 2.45) is 4.99 Å². The number of carboxylic acid groups (broad SMARTS) is 1. The monoisotopic (exact) mass is 271 g/mol. The molecule has 1 unspecified atom stereocenters. The van der Waals surface area contributed by atoms with Gasteiger partial charge in [-0.05, 0) is 18.9 Å². The predicted molar refractivity (Wildman–Crippen MR) is 77.2 cm³/mol. The zero-order valence-electron chi connectivity index (χ0n) is 11.6. The predicted octanol–water partition coefficient (Wildman–Crippen LogP) is 2.89. The zero-order chi connectivity index (χ0) is 14.8. The molecule has 0 amide bonds. The first-order valence-corrected chi connectivity index (χ1v) is 6.58. The van der Waals surface area contributed by atoms with Crippen LogP contribution in [0.3, 0.4) is 0 Å². The number of hydrogen-bond donors (Lipinski definition) is 1. The second-order valence-corrected chi connectivity index (χ2v) is 5.01. The molecule has 1 atom stereocenters. The summed E-state index contributed by atoms with van der Waals surface area (Å²) in [7, 11) is 0. The van der Waals surface area contributed by atoms with Crippen LogP contribution >= 0.6 is 0 Å². The summed E-state index contributed by atoms with van der Waals surface area (Å²) in [5.41, 5.74) is 0.915. The molecule has 4 heteroatoms. The number of allylic oxidation sites excluding steroid dienone is 1. The van der Waals surface area contributed by atoms with Gasteiger partial charge in [-0.3, -0.25) is 14.6 Å². The van der Waals surface area contributed by atoms with Gasteiger partial charge in [0.15, 0.2) is 0 Å². The summed E-state index contributed by atoms with van der Waals surface area (Å²) in [5, 5.41) is 9.01. The van der Waals surface area contributed by atoms with Gasteiger partial charge >= 0.3 is 5.97 Å². The molecule has 104 valence electrons. The summed E-state index contributed by atoms with van der Waals surface area (Å²) in [6.45, 7) is 3.69. The van der Waals surface area contributed by atoms with Crippen LogP contribution in [0.2, 0.25) is 0 Å². The first kappa shape index (κ1) is 14.2. The minimum absolute atomic E-state index is 0.0909. The SMILES string of the molecule is CCC1(CC(=O)O)C=C(C)C(C(=O)c2ccccc2)=N1. The van der Waals surface area contributed by atoms with E-state index in [9.17, 15) is 9.59 Å². The van der Waals surface area contributed by atoms with Crippen LogP contribution in [0.1, 0.15) is 37.0 Å². The van der Waals surface area contributed by atoms with Crippen LogP contribution in [-0.4, -0.2) is 28.1 Å². The Morgan fingerprint density at radius 2 is 1.90 bits per heavy atom. The highest BCUT2D eigenvalue weighted by molar-refractivity contribution is 6.52. The molecule has 0 bridgehead atoms. The van der Waals surface area contributed by atoms with Gasteiger partial charge in [-0.15, -0.1) is 0 Å². The number of aliphatic imine (C=N–C) groups is 1. The third-order valence-corrected chi connectivity index (χ3v) is 3.51. The number of Topliss-reactive ketones (excluding diaryl/α,β-unsaturated/α-hetero) is 1. The molecule has 1 aliphatic rings. The maximum Gasteiger partial charge on any atom is 0.306 e. The van der Waals surface area contributed by atoms with E-state index in [0.717, 1.165) is 5.57 Å². The largest absolute Gasteiger partial charge is 0.481 e. The standard InChI is InChI=1S/C16H17NO3/c1-3-16(10-13(18)19)9-11(2)14(17-16)15(20)12-7-5-4-6-8-12/h4-9H,3,10H2,1-2H3,(H,18,19). The van der Waals surface area contributed by atoms with E-state index in [1.807, 2.05) is 13.0 Å². The lowest BCUT2D eigenvalue weighted by Crippen LogP contribution is -2.25. The molecular formula is C16H17NO3. The van der Waals surface area contributed by atoms with E-state index < -0.39 is 11.5 Å². The maximum atomic E-state index is 12.4. The number of carboxylic acids is 1. The van der Waals surface area contributed by atoms with Crippen LogP contribution in [-0.2, 0) is 4.79 Å². The average molecular weight is 271 g/mol. The van der Waals surface area contributed by atoms with Crippen LogP contribution in [0.5, 0.6) is 0 Å². The Morgan fingerprint density at radius 1 is 1.25 bits per heavy atom. The van der Waals surface area contributed by atoms with Crippen LogP contribution in [0.25, 0.3) is 0 Å². The second-order valence-electron chi connectivity index (χ2n) is 5.01. The highest BCUT2D eigenvalue weighted by Crippen LogP contribution is 2.31. The molecule has 1 N–H and O–H groups in total. The Bertz CT molecular complexity index is 601. The van der Waals surface area contributed by atoms with E-state index in [1.54, 1.807) is 37.3 Å². The number of benzene rings is 1. The van der Waals surface area contributed by atoms with Crippen molar-refractivity contribution >= 4 is 17.5 Å². The number of nitrogens with zero attached hydrogens (tertiary/aromatic N) is 1. The molecule has 20 heavy (non-hydrogen) atoms. The van der Waals surface area contributed by atoms with Crippen molar-refractivity contribution in [1.82, 2.24) is 0 Å². The topological polar surface area (TPSA) is 66.7 Å². The lowest BCUT2D eigenvalue weighted by atomic mass is 9.92. The number of carbonyl (C=O) groups is 2. The number of carbonyl (C=O) groups excluding carboxylic acids is 1. The van der Waals surface area contributed by atoms with Crippen molar-refractivity contribution in [3.8, 4) is 0 Å². The highest BCUT2D eigenvalue weighted by atomic mass is 16.4. The van der Waals surface area contributed by atoms with Gasteiger partial charge in [-0.25, -0.2) is 0 Å². The van der Waals surface area contributed by atoms with Crippen molar-refractivity contribution in [2.75, 3.05) is 0 Å². The van der Waals surface area contributed by atoms with E-state index in [-0.39, 0.29) is 12.2 Å². The molecule has 0 aliphatic carbocycles. The molecular weight excluding hydrogens is 254 g/mol. The lowest BCUT2D eigenvalue weighted by Gasteiger charge is -2.19. The summed E-state index contributed by atoms with van der Waals surface area (Å²) in [4.78, 5) is 27.8. The van der Waals surface area contributed by atoms with E-state index in [1.165, 1.54) is 0 Å². The van der Waals surface area contributed by atoms with Gasteiger partial charge in [-0.2, -0.15) is 0 Å². The molecule has 1 heterocycles. The number of rotatable bonds is 5. The quantitative estimate of drug-likeness (QED) is 0.837. The van der Waals surface area contributed by atoms with Crippen LogP contribution < -0.4 is 0 Å². The summed E-state index contributed by atoms with van der Waals surface area (Å²) >= 11 is 0.